The lowest BCUT2D eigenvalue weighted by Crippen LogP contribution is -2.44. The van der Waals surface area contributed by atoms with Gasteiger partial charge in [0, 0.05) is 16.6 Å². The number of halogens is 2. The van der Waals surface area contributed by atoms with E-state index in [2.05, 4.69) is 15.9 Å². The van der Waals surface area contributed by atoms with Crippen LogP contribution in [0.25, 0.3) is 0 Å². The molecule has 0 saturated heterocycles. The van der Waals surface area contributed by atoms with E-state index in [4.69, 9.17) is 17.4 Å². The molecular formula is C14H16BrClN2O3S. The van der Waals surface area contributed by atoms with Crippen LogP contribution < -0.4 is 10.5 Å². The van der Waals surface area contributed by atoms with E-state index < -0.39 is 10.1 Å². The van der Waals surface area contributed by atoms with E-state index in [0.717, 1.165) is 10.0 Å². The van der Waals surface area contributed by atoms with Crippen molar-refractivity contribution in [1.29, 1.82) is 0 Å². The van der Waals surface area contributed by atoms with Gasteiger partial charge in [-0.15, -0.1) is 0 Å². The van der Waals surface area contributed by atoms with E-state index in [1.165, 1.54) is 4.68 Å². The predicted octanol–water partition coefficient (Wildman–Crippen LogP) is 2.62. The number of aryl methyl sites for hydroxylation is 3. The van der Waals surface area contributed by atoms with Crippen molar-refractivity contribution >= 4 is 37.6 Å². The van der Waals surface area contributed by atoms with Crippen LogP contribution in [0.4, 0.5) is 0 Å². The van der Waals surface area contributed by atoms with Crippen molar-refractivity contribution in [2.24, 2.45) is 0 Å². The van der Waals surface area contributed by atoms with Crippen LogP contribution in [0.1, 0.15) is 16.7 Å². The van der Waals surface area contributed by atoms with Gasteiger partial charge in [-0.1, -0.05) is 38.3 Å². The van der Waals surface area contributed by atoms with Gasteiger partial charge in [0.15, 0.2) is 0 Å². The molecule has 0 amide bonds. The van der Waals surface area contributed by atoms with Gasteiger partial charge < -0.3 is 4.55 Å². The zero-order valence-electron chi connectivity index (χ0n) is 12.3. The van der Waals surface area contributed by atoms with Gasteiger partial charge in [0.25, 0.3) is 0 Å². The van der Waals surface area contributed by atoms with Gasteiger partial charge in [-0.2, -0.15) is 0 Å². The molecule has 0 bridgehead atoms. The summed E-state index contributed by atoms with van der Waals surface area (Å²) in [6, 6.07) is 6.92. The first-order valence-electron chi connectivity index (χ1n) is 6.18. The van der Waals surface area contributed by atoms with Crippen LogP contribution in [-0.4, -0.2) is 13.0 Å². The maximum atomic E-state index is 10.8. The van der Waals surface area contributed by atoms with Crippen LogP contribution in [0, 0.1) is 20.8 Å². The van der Waals surface area contributed by atoms with Gasteiger partial charge in [-0.25, -0.2) is 14.3 Å². The Labute approximate surface area is 143 Å². The molecule has 2 N–H and O–H groups in total. The maximum absolute atomic E-state index is 10.8. The first-order valence-corrected chi connectivity index (χ1v) is 8.76. The van der Waals surface area contributed by atoms with Crippen molar-refractivity contribution in [2.45, 2.75) is 25.7 Å². The van der Waals surface area contributed by atoms with Crippen LogP contribution in [0.5, 0.6) is 0 Å². The molecule has 0 radical (unpaired) electrons. The Morgan fingerprint density at radius 1 is 1.18 bits per heavy atom. The summed E-state index contributed by atoms with van der Waals surface area (Å²) in [5.41, 5.74) is 2.00. The number of benzene rings is 1. The monoisotopic (exact) mass is 406 g/mol. The van der Waals surface area contributed by atoms with E-state index in [1.807, 2.05) is 13.0 Å². The lowest BCUT2D eigenvalue weighted by Gasteiger charge is -2.14. The highest BCUT2D eigenvalue weighted by Gasteiger charge is 2.09. The fourth-order valence-corrected chi connectivity index (χ4v) is 3.57. The second-order valence-electron chi connectivity index (χ2n) is 4.76. The lowest BCUT2D eigenvalue weighted by atomic mass is 10.1. The van der Waals surface area contributed by atoms with Crippen LogP contribution in [0.3, 0.4) is 0 Å². The van der Waals surface area contributed by atoms with Crippen molar-refractivity contribution in [2.75, 3.05) is 5.84 Å². The smallest absolute Gasteiger partial charge is 0.304 e. The molecule has 2 aromatic rings. The van der Waals surface area contributed by atoms with E-state index in [0.29, 0.717) is 16.3 Å². The molecule has 22 heavy (non-hydrogen) atoms. The fraction of sp³-hybridized carbons (Fsp3) is 0.214. The summed E-state index contributed by atoms with van der Waals surface area (Å²) < 4.78 is 34.8. The minimum atomic E-state index is -4.33. The highest BCUT2D eigenvalue weighted by atomic mass is 79.9. The molecule has 1 aromatic heterocycles. The Morgan fingerprint density at radius 3 is 2.05 bits per heavy atom. The summed E-state index contributed by atoms with van der Waals surface area (Å²) in [6.07, 6.45) is 1.67. The highest BCUT2D eigenvalue weighted by Crippen LogP contribution is 2.20. The molecule has 1 heterocycles. The first-order chi connectivity index (χ1) is 10.0. The third kappa shape index (κ3) is 5.24. The number of aromatic nitrogens is 1. The molecule has 0 unspecified atom stereocenters. The van der Waals surface area contributed by atoms with Gasteiger partial charge in [0.1, 0.15) is 10.1 Å². The maximum Gasteiger partial charge on any atom is 0.304 e. The van der Waals surface area contributed by atoms with E-state index >= 15 is 0 Å². The Kier molecular flexibility index (Phi) is 6.37. The number of nitrogens with zero attached hydrogens (tertiary/aromatic N) is 1. The van der Waals surface area contributed by atoms with Crippen molar-refractivity contribution in [3.8, 4) is 0 Å². The SMILES string of the molecule is Cc1cc(C)c(S(=O)(=O)[O-])c(C)c1.N[n+]1ccc(Br)cc1Cl. The second-order valence-corrected chi connectivity index (χ2v) is 7.38. The van der Waals surface area contributed by atoms with Gasteiger partial charge in [-0.3, -0.25) is 0 Å². The fourth-order valence-electron chi connectivity index (χ4n) is 2.02. The van der Waals surface area contributed by atoms with Crippen LogP contribution >= 0.6 is 27.5 Å². The molecule has 0 atom stereocenters. The Hall–Kier alpha value is -1.15. The summed E-state index contributed by atoms with van der Waals surface area (Å²) in [5.74, 6) is 5.35. The molecule has 0 saturated carbocycles. The van der Waals surface area contributed by atoms with Crippen LogP contribution in [-0.2, 0) is 10.1 Å². The number of hydrogen-bond acceptors (Lipinski definition) is 4. The molecule has 0 aliphatic carbocycles. The summed E-state index contributed by atoms with van der Waals surface area (Å²) >= 11 is 8.86. The molecule has 0 fully saturated rings. The number of pyridine rings is 1. The van der Waals surface area contributed by atoms with Crippen LogP contribution in [0.2, 0.25) is 5.15 Å². The van der Waals surface area contributed by atoms with Crippen molar-refractivity contribution < 1.29 is 17.6 Å². The topological polar surface area (TPSA) is 87.1 Å². The Morgan fingerprint density at radius 2 is 1.68 bits per heavy atom. The van der Waals surface area contributed by atoms with E-state index in [9.17, 15) is 13.0 Å². The number of nitrogen functional groups attached to an aromatic ring is 1. The average Bonchev–Trinajstić information content (AvgIpc) is 2.31. The van der Waals surface area contributed by atoms with Crippen LogP contribution in [0.15, 0.2) is 39.8 Å². The zero-order valence-corrected chi connectivity index (χ0v) is 15.5. The lowest BCUT2D eigenvalue weighted by molar-refractivity contribution is -0.636. The number of rotatable bonds is 1. The second kappa shape index (κ2) is 7.41. The van der Waals surface area contributed by atoms with Crippen molar-refractivity contribution in [1.82, 2.24) is 0 Å². The molecule has 1 aromatic carbocycles. The van der Waals surface area contributed by atoms with Crippen molar-refractivity contribution in [3.63, 3.8) is 0 Å². The third-order valence-electron chi connectivity index (χ3n) is 2.75. The van der Waals surface area contributed by atoms with Gasteiger partial charge in [0.2, 0.25) is 6.20 Å². The molecule has 0 spiro atoms. The molecular weight excluding hydrogens is 392 g/mol. The summed E-state index contributed by atoms with van der Waals surface area (Å²) in [4.78, 5) is -0.0851. The Bertz CT molecular complexity index is 772. The predicted molar refractivity (Wildman–Crippen MR) is 88.1 cm³/mol. The summed E-state index contributed by atoms with van der Waals surface area (Å²) in [5, 5.41) is 0.504. The minimum Gasteiger partial charge on any atom is -0.744 e. The van der Waals surface area contributed by atoms with Gasteiger partial charge in [0.05, 0.1) is 4.90 Å². The Balaban J connectivity index is 0.000000235. The largest absolute Gasteiger partial charge is 0.744 e. The average molecular weight is 408 g/mol. The van der Waals surface area contributed by atoms with Gasteiger partial charge >= 0.3 is 5.15 Å². The standard InChI is InChI=1S/C9H12O3S.C5H5BrClN2/c1-6-4-7(2)9(8(3)5-6)13(10,11)12;6-4-1-2-9(8)5(7)3-4/h4-5H,1-3H3,(H,10,11,12);1-3H,8H2/q;+1/p-1. The summed E-state index contributed by atoms with van der Waals surface area (Å²) in [6.45, 7) is 5.12. The molecule has 2 rings (SSSR count). The normalized spacial score (nSPS) is 10.8. The number of hydrogen-bond donors (Lipinski definition) is 1. The highest BCUT2D eigenvalue weighted by molar-refractivity contribution is 9.10. The first kappa shape index (κ1) is 18.9. The van der Waals surface area contributed by atoms with Crippen molar-refractivity contribution in [3.05, 3.63) is 56.8 Å². The zero-order chi connectivity index (χ0) is 17.1. The molecule has 8 heteroatoms. The molecule has 0 aliphatic rings. The van der Waals surface area contributed by atoms with E-state index in [-0.39, 0.29) is 4.90 Å². The van der Waals surface area contributed by atoms with E-state index in [1.54, 1.807) is 38.2 Å². The third-order valence-corrected chi connectivity index (χ3v) is 4.69. The molecule has 5 nitrogen and oxygen atoms in total. The molecule has 0 aliphatic heterocycles. The number of nitrogens with two attached hydrogens (primary N) is 1. The quantitative estimate of drug-likeness (QED) is 0.341. The van der Waals surface area contributed by atoms with Gasteiger partial charge in [-0.05, 0) is 43.5 Å². The minimum absolute atomic E-state index is 0.0851. The summed E-state index contributed by atoms with van der Waals surface area (Å²) in [7, 11) is -4.33. The molecule has 120 valence electrons.